The highest BCUT2D eigenvalue weighted by Gasteiger charge is 2.43. The van der Waals surface area contributed by atoms with E-state index in [2.05, 4.69) is 10.6 Å². The van der Waals surface area contributed by atoms with Crippen molar-refractivity contribution in [3.63, 3.8) is 0 Å². The summed E-state index contributed by atoms with van der Waals surface area (Å²) in [7, 11) is 0. The Morgan fingerprint density at radius 3 is 2.73 bits per heavy atom. The molecule has 0 aromatic heterocycles. The summed E-state index contributed by atoms with van der Waals surface area (Å²) < 4.78 is 5.49. The lowest BCUT2D eigenvalue weighted by atomic mass is 9.79. The minimum atomic E-state index is -0.786. The first kappa shape index (κ1) is 18.9. The number of hydrogen-bond donors (Lipinski definition) is 3. The van der Waals surface area contributed by atoms with E-state index < -0.39 is 11.6 Å². The minimum Gasteiger partial charge on any atom is -0.389 e. The van der Waals surface area contributed by atoms with Crippen LogP contribution < -0.4 is 10.6 Å². The van der Waals surface area contributed by atoms with Gasteiger partial charge in [0.15, 0.2) is 0 Å². The highest BCUT2D eigenvalue weighted by molar-refractivity contribution is 5.96. The van der Waals surface area contributed by atoms with Crippen LogP contribution in [0.2, 0.25) is 0 Å². The highest BCUT2D eigenvalue weighted by Crippen LogP contribution is 2.32. The van der Waals surface area contributed by atoms with E-state index in [0.29, 0.717) is 31.7 Å². The number of aliphatic hydroxyl groups excluding tert-OH is 1. The number of carbonyl (C=O) groups is 1. The van der Waals surface area contributed by atoms with Crippen LogP contribution in [0.3, 0.4) is 0 Å². The molecule has 138 valence electrons. The van der Waals surface area contributed by atoms with Gasteiger partial charge >= 0.3 is 0 Å². The molecule has 1 saturated heterocycles. The molecule has 2 aliphatic heterocycles. The Hall–Kier alpha value is -1.92. The van der Waals surface area contributed by atoms with Crippen molar-refractivity contribution in [1.29, 1.82) is 0 Å². The van der Waals surface area contributed by atoms with E-state index in [1.807, 2.05) is 48.5 Å². The molecule has 4 rings (SSSR count). The molecule has 2 atom stereocenters. The molecule has 6 heteroatoms. The average Bonchev–Trinajstić information content (AvgIpc) is 3.13. The maximum atomic E-state index is 13.1. The van der Waals surface area contributed by atoms with Crippen molar-refractivity contribution in [2.45, 2.75) is 31.3 Å². The summed E-state index contributed by atoms with van der Waals surface area (Å²) in [6.07, 6.45) is -0.0595. The third kappa shape index (κ3) is 3.23. The molecule has 0 radical (unpaired) electrons. The van der Waals surface area contributed by atoms with E-state index in [1.54, 1.807) is 0 Å². The van der Waals surface area contributed by atoms with Crippen LogP contribution in [0.25, 0.3) is 0 Å². The van der Waals surface area contributed by atoms with Crippen LogP contribution in [-0.4, -0.2) is 30.2 Å². The van der Waals surface area contributed by atoms with Gasteiger partial charge in [0.2, 0.25) is 0 Å². The van der Waals surface area contributed by atoms with E-state index >= 15 is 0 Å². The van der Waals surface area contributed by atoms with Crippen molar-refractivity contribution in [3.05, 3.63) is 70.8 Å². The number of aliphatic hydroxyl groups is 1. The van der Waals surface area contributed by atoms with Crippen LogP contribution in [0, 0.1) is 0 Å². The van der Waals surface area contributed by atoms with Crippen LogP contribution in [0.4, 0.5) is 0 Å². The maximum Gasteiger partial charge on any atom is 0.252 e. The molecule has 0 aliphatic carbocycles. The molecule has 5 nitrogen and oxygen atoms in total. The fraction of sp³-hybridized carbons (Fsp3) is 0.350. The largest absolute Gasteiger partial charge is 0.389 e. The van der Waals surface area contributed by atoms with E-state index in [4.69, 9.17) is 4.74 Å². The Morgan fingerprint density at radius 2 is 1.96 bits per heavy atom. The van der Waals surface area contributed by atoms with E-state index in [9.17, 15) is 9.90 Å². The number of nitrogens with one attached hydrogen (secondary N) is 2. The zero-order valence-corrected chi connectivity index (χ0v) is 15.2. The molecule has 0 unspecified atom stereocenters. The van der Waals surface area contributed by atoms with Gasteiger partial charge in [-0.25, -0.2) is 0 Å². The summed E-state index contributed by atoms with van der Waals surface area (Å²) in [4.78, 5) is 13.1. The lowest BCUT2D eigenvalue weighted by molar-refractivity contribution is 0.0289. The first-order valence-corrected chi connectivity index (χ1v) is 8.66. The number of fused-ring (bicyclic) bond motifs is 1. The van der Waals surface area contributed by atoms with Crippen molar-refractivity contribution in [2.24, 2.45) is 0 Å². The van der Waals surface area contributed by atoms with Crippen LogP contribution in [-0.2, 0) is 23.5 Å². The number of hydrogen-bond acceptors (Lipinski definition) is 4. The van der Waals surface area contributed by atoms with Gasteiger partial charge in [-0.05, 0) is 35.7 Å². The Morgan fingerprint density at radius 1 is 1.15 bits per heavy atom. The number of rotatable bonds is 3. The maximum absolute atomic E-state index is 13.1. The SMILES string of the molecule is Cl.O=C(N[C@]1(c2ccccc2)CCNC[C@H]1O)c1cccc2c1COC2. The predicted molar refractivity (Wildman–Crippen MR) is 101 cm³/mol. The highest BCUT2D eigenvalue weighted by atomic mass is 35.5. The molecular weight excluding hydrogens is 352 g/mol. The fourth-order valence-electron chi connectivity index (χ4n) is 3.84. The molecule has 0 bridgehead atoms. The molecule has 0 saturated carbocycles. The van der Waals surface area contributed by atoms with Crippen LogP contribution in [0.5, 0.6) is 0 Å². The van der Waals surface area contributed by atoms with Crippen molar-refractivity contribution in [2.75, 3.05) is 13.1 Å². The number of benzene rings is 2. The van der Waals surface area contributed by atoms with Gasteiger partial charge in [0.1, 0.15) is 0 Å². The number of carbonyl (C=O) groups excluding carboxylic acids is 1. The van der Waals surface area contributed by atoms with Gasteiger partial charge in [-0.2, -0.15) is 0 Å². The molecule has 0 spiro atoms. The Bertz CT molecular complexity index is 784. The van der Waals surface area contributed by atoms with Gasteiger partial charge in [-0.3, -0.25) is 4.79 Å². The van der Waals surface area contributed by atoms with Crippen molar-refractivity contribution in [1.82, 2.24) is 10.6 Å². The van der Waals surface area contributed by atoms with Crippen LogP contribution in [0.1, 0.15) is 33.5 Å². The summed E-state index contributed by atoms with van der Waals surface area (Å²) in [5, 5.41) is 17.1. The molecule has 2 aromatic rings. The first-order valence-electron chi connectivity index (χ1n) is 8.66. The minimum absolute atomic E-state index is 0. The molecule has 3 N–H and O–H groups in total. The standard InChI is InChI=1S/C20H22N2O3.ClH/c23-18-11-21-10-9-20(18,15-6-2-1-3-7-15)22-19(24)16-8-4-5-14-12-25-13-17(14)16;/h1-8,18,21,23H,9-13H2,(H,22,24);1H/t18-,20+;/m1./s1. The number of ether oxygens (including phenoxy) is 1. The summed E-state index contributed by atoms with van der Waals surface area (Å²) >= 11 is 0. The zero-order valence-electron chi connectivity index (χ0n) is 14.4. The quantitative estimate of drug-likeness (QED) is 0.769. The number of halogens is 1. The smallest absolute Gasteiger partial charge is 0.252 e. The van der Waals surface area contributed by atoms with Gasteiger partial charge in [0, 0.05) is 12.1 Å². The van der Waals surface area contributed by atoms with Gasteiger partial charge in [-0.1, -0.05) is 42.5 Å². The van der Waals surface area contributed by atoms with E-state index in [-0.39, 0.29) is 18.3 Å². The molecule has 26 heavy (non-hydrogen) atoms. The third-order valence-electron chi connectivity index (χ3n) is 5.25. The van der Waals surface area contributed by atoms with Gasteiger partial charge in [0.05, 0.1) is 24.9 Å². The van der Waals surface area contributed by atoms with Crippen molar-refractivity contribution < 1.29 is 14.6 Å². The number of β-amino-alcohol motifs (C(OH)–C–C–N with tert-alkyl or cyclic N) is 1. The third-order valence-corrected chi connectivity index (χ3v) is 5.25. The molecule has 1 fully saturated rings. The second-order valence-electron chi connectivity index (χ2n) is 6.70. The lowest BCUT2D eigenvalue weighted by Crippen LogP contribution is -2.61. The Labute approximate surface area is 159 Å². The summed E-state index contributed by atoms with van der Waals surface area (Å²) in [5.41, 5.74) is 2.79. The average molecular weight is 375 g/mol. The second-order valence-corrected chi connectivity index (χ2v) is 6.70. The Kier molecular flexibility index (Phi) is 5.63. The molecular formula is C20H23ClN2O3. The van der Waals surface area contributed by atoms with Crippen LogP contribution >= 0.6 is 12.4 Å². The summed E-state index contributed by atoms with van der Waals surface area (Å²) in [6, 6.07) is 15.4. The normalized spacial score (nSPS) is 24.4. The predicted octanol–water partition coefficient (Wildman–Crippen LogP) is 2.12. The van der Waals surface area contributed by atoms with Crippen LogP contribution in [0.15, 0.2) is 48.5 Å². The monoisotopic (exact) mass is 374 g/mol. The van der Waals surface area contributed by atoms with Gasteiger partial charge < -0.3 is 20.5 Å². The summed E-state index contributed by atoms with van der Waals surface area (Å²) in [5.74, 6) is -0.160. The summed E-state index contributed by atoms with van der Waals surface area (Å²) in [6.45, 7) is 2.20. The fourth-order valence-corrected chi connectivity index (χ4v) is 3.84. The topological polar surface area (TPSA) is 70.6 Å². The van der Waals surface area contributed by atoms with Crippen molar-refractivity contribution in [3.8, 4) is 0 Å². The molecule has 1 amide bonds. The molecule has 2 aromatic carbocycles. The molecule has 2 aliphatic rings. The van der Waals surface area contributed by atoms with E-state index in [1.165, 1.54) is 0 Å². The molecule has 2 heterocycles. The van der Waals surface area contributed by atoms with Gasteiger partial charge in [-0.15, -0.1) is 12.4 Å². The van der Waals surface area contributed by atoms with Crippen molar-refractivity contribution >= 4 is 18.3 Å². The van der Waals surface area contributed by atoms with E-state index in [0.717, 1.165) is 23.2 Å². The first-order chi connectivity index (χ1) is 12.2. The zero-order chi connectivity index (χ0) is 17.3. The number of amides is 1. The second kappa shape index (κ2) is 7.76. The Balaban J connectivity index is 0.00000196. The lowest BCUT2D eigenvalue weighted by Gasteiger charge is -2.43. The van der Waals surface area contributed by atoms with Gasteiger partial charge in [0.25, 0.3) is 5.91 Å². The number of piperidine rings is 1.